The maximum Gasteiger partial charge on any atom is 0.305 e. The molecule has 232 valence electrons. The van der Waals surface area contributed by atoms with E-state index < -0.39 is 5.97 Å². The Morgan fingerprint density at radius 2 is 1.73 bits per heavy atom. The van der Waals surface area contributed by atoms with Crippen LogP contribution in [0.1, 0.15) is 67.3 Å². The van der Waals surface area contributed by atoms with Crippen LogP contribution in [0.4, 0.5) is 0 Å². The first-order valence-electron chi connectivity index (χ1n) is 14.7. The fourth-order valence-corrected chi connectivity index (χ4v) is 6.00. The number of aromatic amines is 2. The number of carbonyl (C=O) groups is 4. The van der Waals surface area contributed by atoms with Crippen LogP contribution in [0.3, 0.4) is 0 Å². The third-order valence-electron chi connectivity index (χ3n) is 8.72. The lowest BCUT2D eigenvalue weighted by Gasteiger charge is -2.12. The molecule has 0 saturated carbocycles. The van der Waals surface area contributed by atoms with Crippen molar-refractivity contribution in [2.45, 2.75) is 72.8 Å². The molecule has 2 aromatic heterocycles. The zero-order valence-corrected chi connectivity index (χ0v) is 26.1. The van der Waals surface area contributed by atoms with Crippen molar-refractivity contribution >= 4 is 41.6 Å². The molecule has 10 nitrogen and oxygen atoms in total. The second kappa shape index (κ2) is 13.3. The number of rotatable bonds is 11. The van der Waals surface area contributed by atoms with E-state index in [9.17, 15) is 24.3 Å². The van der Waals surface area contributed by atoms with Gasteiger partial charge in [-0.15, -0.1) is 0 Å². The standard InChI is InChI=1S/C34H40N4O6/c1-8-21-20(6)33(42)38-28(21)15-26-18(4)23(10-12-31(39)40)29(36-26)16-30-24(11-13-32(41)44-7)19(5)25(35-30)14-27-17(3)22(9-2)34(43)37-27/h8-9,15-16,20,27,35-36H,2,10-14H2,1,3-7H3,(H,37,43)(H,39,40)/b21-8+,26-15+,29-16+. The average Bonchev–Trinajstić information content (AvgIpc) is 3.63. The van der Waals surface area contributed by atoms with Crippen LogP contribution in [-0.4, -0.2) is 57.7 Å². The number of carboxylic acids is 1. The number of carbonyl (C=O) groups excluding carboxylic acids is 3. The molecule has 0 radical (unpaired) electrons. The molecule has 0 spiro atoms. The number of carboxylic acid groups (broad SMARTS) is 1. The Balaban J connectivity index is 1.86. The number of aliphatic carboxylic acids is 1. The van der Waals surface area contributed by atoms with Crippen LogP contribution in [0.25, 0.3) is 12.2 Å². The Morgan fingerprint density at radius 3 is 2.34 bits per heavy atom. The van der Waals surface area contributed by atoms with E-state index in [1.165, 1.54) is 7.11 Å². The molecule has 10 heteroatoms. The predicted molar refractivity (Wildman–Crippen MR) is 169 cm³/mol. The molecule has 4 rings (SSSR count). The van der Waals surface area contributed by atoms with Gasteiger partial charge in [0.15, 0.2) is 0 Å². The molecule has 2 aliphatic rings. The quantitative estimate of drug-likeness (QED) is 0.291. The molecule has 2 amide bonds. The lowest BCUT2D eigenvalue weighted by atomic mass is 9.98. The van der Waals surface area contributed by atoms with Crippen molar-refractivity contribution in [1.29, 1.82) is 0 Å². The molecule has 0 aliphatic carbocycles. The van der Waals surface area contributed by atoms with Crippen molar-refractivity contribution in [2.75, 3.05) is 7.11 Å². The van der Waals surface area contributed by atoms with Crippen LogP contribution in [0.5, 0.6) is 0 Å². The molecular formula is C34H40N4O6. The van der Waals surface area contributed by atoms with Gasteiger partial charge >= 0.3 is 11.9 Å². The molecule has 2 atom stereocenters. The second-order valence-corrected chi connectivity index (χ2v) is 11.3. The van der Waals surface area contributed by atoms with Gasteiger partial charge in [-0.2, -0.15) is 0 Å². The first kappa shape index (κ1) is 32.2. The molecule has 0 aromatic carbocycles. The Morgan fingerprint density at radius 1 is 1.02 bits per heavy atom. The number of methoxy groups -OCH3 is 1. The number of nitrogens with zero attached hydrogens (tertiary/aromatic N) is 1. The van der Waals surface area contributed by atoms with Gasteiger partial charge in [-0.25, -0.2) is 4.99 Å². The third-order valence-corrected chi connectivity index (χ3v) is 8.72. The highest BCUT2D eigenvalue weighted by molar-refractivity contribution is 6.29. The lowest BCUT2D eigenvalue weighted by molar-refractivity contribution is -0.140. The van der Waals surface area contributed by atoms with Gasteiger partial charge in [0.05, 0.1) is 24.8 Å². The molecule has 0 fully saturated rings. The van der Waals surface area contributed by atoms with Crippen molar-refractivity contribution in [1.82, 2.24) is 15.3 Å². The third kappa shape index (κ3) is 6.44. The van der Waals surface area contributed by atoms with Crippen LogP contribution in [0.15, 0.2) is 40.4 Å². The monoisotopic (exact) mass is 600 g/mol. The summed E-state index contributed by atoms with van der Waals surface area (Å²) in [6.07, 6.45) is 8.61. The topological polar surface area (TPSA) is 154 Å². The maximum atomic E-state index is 12.4. The van der Waals surface area contributed by atoms with Gasteiger partial charge in [-0.1, -0.05) is 18.7 Å². The highest BCUT2D eigenvalue weighted by atomic mass is 16.5. The van der Waals surface area contributed by atoms with Crippen molar-refractivity contribution < 1.29 is 29.0 Å². The molecular weight excluding hydrogens is 560 g/mol. The van der Waals surface area contributed by atoms with E-state index in [0.717, 1.165) is 55.5 Å². The van der Waals surface area contributed by atoms with Gasteiger partial charge in [0.1, 0.15) is 0 Å². The summed E-state index contributed by atoms with van der Waals surface area (Å²) in [5.41, 5.74) is 8.23. The number of nitrogens with one attached hydrogen (secondary N) is 3. The van der Waals surface area contributed by atoms with Crippen LogP contribution in [0, 0.1) is 19.8 Å². The van der Waals surface area contributed by atoms with Gasteiger partial charge in [-0.05, 0) is 93.0 Å². The first-order chi connectivity index (χ1) is 20.9. The number of amides is 2. The Labute approximate surface area is 256 Å². The molecule has 2 aromatic rings. The van der Waals surface area contributed by atoms with Gasteiger partial charge in [-0.3, -0.25) is 19.2 Å². The fourth-order valence-electron chi connectivity index (χ4n) is 6.00. The second-order valence-electron chi connectivity index (χ2n) is 11.3. The number of hydrogen-bond donors (Lipinski definition) is 4. The highest BCUT2D eigenvalue weighted by Gasteiger charge is 2.29. The Kier molecular flexibility index (Phi) is 9.71. The molecule has 4 heterocycles. The lowest BCUT2D eigenvalue weighted by Crippen LogP contribution is -2.30. The molecule has 0 saturated heterocycles. The summed E-state index contributed by atoms with van der Waals surface area (Å²) in [7, 11) is 1.36. The van der Waals surface area contributed by atoms with Crippen LogP contribution in [0.2, 0.25) is 0 Å². The minimum atomic E-state index is -0.907. The van der Waals surface area contributed by atoms with E-state index in [-0.39, 0.29) is 42.6 Å². The zero-order chi connectivity index (χ0) is 32.3. The summed E-state index contributed by atoms with van der Waals surface area (Å²) in [6, 6.07) is -0.202. The number of esters is 1. The van der Waals surface area contributed by atoms with Gasteiger partial charge in [0.25, 0.3) is 11.8 Å². The smallest absolute Gasteiger partial charge is 0.305 e. The van der Waals surface area contributed by atoms with E-state index >= 15 is 0 Å². The van der Waals surface area contributed by atoms with E-state index in [1.54, 1.807) is 6.08 Å². The molecule has 0 bridgehead atoms. The SMILES string of the molecule is C=CC1=C(C)C(Cc2[nH]c(/C=c3/[nH]/c(=C/C4=NC(=O)C(C)/C4=C\C)c(C)c3CCC(=O)O)c(CCC(=O)OC)c2C)NC1=O. The normalized spacial score (nSPS) is 20.1. The first-order valence-corrected chi connectivity index (χ1v) is 14.7. The fraction of sp³-hybridized carbons (Fsp3) is 0.382. The number of aromatic nitrogens is 2. The van der Waals surface area contributed by atoms with E-state index in [1.807, 2.05) is 52.8 Å². The van der Waals surface area contributed by atoms with E-state index in [2.05, 4.69) is 26.9 Å². The summed E-state index contributed by atoms with van der Waals surface area (Å²) in [6.45, 7) is 13.3. The molecule has 4 N–H and O–H groups in total. The van der Waals surface area contributed by atoms with Gasteiger partial charge < -0.3 is 25.1 Å². The summed E-state index contributed by atoms with van der Waals surface area (Å²) in [5, 5.41) is 13.9. The van der Waals surface area contributed by atoms with Gasteiger partial charge in [0.2, 0.25) is 0 Å². The van der Waals surface area contributed by atoms with Crippen LogP contribution < -0.4 is 16.0 Å². The number of aliphatic imine (C=N–C) groups is 1. The van der Waals surface area contributed by atoms with Crippen LogP contribution >= 0.6 is 0 Å². The maximum absolute atomic E-state index is 12.4. The summed E-state index contributed by atoms with van der Waals surface area (Å²) in [5.74, 6) is -1.90. The predicted octanol–water partition coefficient (Wildman–Crippen LogP) is 2.80. The van der Waals surface area contributed by atoms with Crippen molar-refractivity contribution in [3.05, 3.63) is 79.8 Å². The Bertz CT molecular complexity index is 1760. The number of H-pyrrole nitrogens is 2. The number of hydrogen-bond acceptors (Lipinski definition) is 5. The highest BCUT2D eigenvalue weighted by Crippen LogP contribution is 2.27. The van der Waals surface area contributed by atoms with Crippen molar-refractivity contribution in [3.8, 4) is 0 Å². The molecule has 2 aliphatic heterocycles. The van der Waals surface area contributed by atoms with Crippen LogP contribution in [-0.2, 0) is 43.2 Å². The minimum absolute atomic E-state index is 0.0572. The van der Waals surface area contributed by atoms with E-state index in [0.29, 0.717) is 30.5 Å². The zero-order valence-electron chi connectivity index (χ0n) is 26.1. The largest absolute Gasteiger partial charge is 0.481 e. The van der Waals surface area contributed by atoms with E-state index in [4.69, 9.17) is 4.74 Å². The van der Waals surface area contributed by atoms with Crippen molar-refractivity contribution in [2.24, 2.45) is 10.9 Å². The average molecular weight is 601 g/mol. The summed E-state index contributed by atoms with van der Waals surface area (Å²) < 4.78 is 4.90. The summed E-state index contributed by atoms with van der Waals surface area (Å²) >= 11 is 0. The summed E-state index contributed by atoms with van der Waals surface area (Å²) in [4.78, 5) is 59.6. The molecule has 44 heavy (non-hydrogen) atoms. The van der Waals surface area contributed by atoms with Gasteiger partial charge in [0, 0.05) is 46.9 Å². The minimum Gasteiger partial charge on any atom is -0.481 e. The number of allylic oxidation sites excluding steroid dienone is 1. The number of ether oxygens (including phenoxy) is 1. The molecule has 2 unspecified atom stereocenters. The van der Waals surface area contributed by atoms with Crippen molar-refractivity contribution in [3.63, 3.8) is 0 Å². The Hall–Kier alpha value is -4.73.